The minimum Gasteiger partial charge on any atom is -0.289 e. The van der Waals surface area contributed by atoms with E-state index in [1.165, 1.54) is 11.4 Å². The second kappa shape index (κ2) is 7.58. The van der Waals surface area contributed by atoms with Crippen molar-refractivity contribution < 1.29 is 4.98 Å². The molecule has 0 unspecified atom stereocenters. The highest BCUT2D eigenvalue weighted by atomic mass is 15.5. The Morgan fingerprint density at radius 2 is 1.74 bits per heavy atom. The SMILES string of the molecule is CC(/C=N\N1CCN(c2cccc[nH+]2)CC1)=C/c1ccccc1. The van der Waals surface area contributed by atoms with Crippen molar-refractivity contribution in [1.29, 1.82) is 0 Å². The molecule has 1 fully saturated rings. The van der Waals surface area contributed by atoms with E-state index in [9.17, 15) is 0 Å². The number of aromatic nitrogens is 1. The molecule has 1 aromatic heterocycles. The Morgan fingerprint density at radius 3 is 2.43 bits per heavy atom. The molecule has 0 spiro atoms. The minimum atomic E-state index is 0.942. The summed E-state index contributed by atoms with van der Waals surface area (Å²) in [7, 11) is 0. The molecule has 1 aromatic carbocycles. The van der Waals surface area contributed by atoms with E-state index < -0.39 is 0 Å². The van der Waals surface area contributed by atoms with Crippen LogP contribution < -0.4 is 9.88 Å². The zero-order valence-electron chi connectivity index (χ0n) is 13.5. The number of benzene rings is 1. The summed E-state index contributed by atoms with van der Waals surface area (Å²) in [5.41, 5.74) is 2.37. The van der Waals surface area contributed by atoms with Gasteiger partial charge in [0.05, 0.1) is 19.3 Å². The van der Waals surface area contributed by atoms with E-state index in [1.807, 2.05) is 24.5 Å². The van der Waals surface area contributed by atoms with E-state index in [2.05, 4.69) is 69.4 Å². The zero-order chi connectivity index (χ0) is 15.9. The van der Waals surface area contributed by atoms with E-state index in [-0.39, 0.29) is 0 Å². The van der Waals surface area contributed by atoms with Crippen molar-refractivity contribution >= 4 is 18.1 Å². The van der Waals surface area contributed by atoms with Crippen LogP contribution in [0.3, 0.4) is 0 Å². The van der Waals surface area contributed by atoms with Gasteiger partial charge in [0.25, 0.3) is 5.82 Å². The lowest BCUT2D eigenvalue weighted by Gasteiger charge is -2.28. The van der Waals surface area contributed by atoms with Crippen molar-refractivity contribution in [3.63, 3.8) is 0 Å². The third-order valence-corrected chi connectivity index (χ3v) is 3.91. The molecule has 0 bridgehead atoms. The van der Waals surface area contributed by atoms with Gasteiger partial charge in [-0.05, 0) is 24.1 Å². The molecule has 23 heavy (non-hydrogen) atoms. The van der Waals surface area contributed by atoms with Crippen molar-refractivity contribution in [3.8, 4) is 0 Å². The highest BCUT2D eigenvalue weighted by molar-refractivity contribution is 5.84. The minimum absolute atomic E-state index is 0.942. The molecule has 2 aromatic rings. The number of rotatable bonds is 4. The first-order valence-electron chi connectivity index (χ1n) is 8.05. The molecule has 4 heteroatoms. The zero-order valence-corrected chi connectivity index (χ0v) is 13.5. The van der Waals surface area contributed by atoms with E-state index in [1.54, 1.807) is 0 Å². The number of nitrogens with zero attached hydrogens (tertiary/aromatic N) is 3. The summed E-state index contributed by atoms with van der Waals surface area (Å²) in [4.78, 5) is 5.65. The van der Waals surface area contributed by atoms with Crippen LogP contribution in [0.4, 0.5) is 5.82 Å². The molecular formula is C19H23N4+. The van der Waals surface area contributed by atoms with Crippen molar-refractivity contribution in [2.75, 3.05) is 31.1 Å². The van der Waals surface area contributed by atoms with Crippen LogP contribution >= 0.6 is 0 Å². The molecule has 0 saturated carbocycles. The van der Waals surface area contributed by atoms with Crippen molar-refractivity contribution in [2.24, 2.45) is 5.10 Å². The van der Waals surface area contributed by atoms with Gasteiger partial charge in [0, 0.05) is 12.3 Å². The van der Waals surface area contributed by atoms with Gasteiger partial charge in [0.2, 0.25) is 0 Å². The quantitative estimate of drug-likeness (QED) is 0.814. The highest BCUT2D eigenvalue weighted by Gasteiger charge is 2.21. The van der Waals surface area contributed by atoms with Crippen LogP contribution in [-0.4, -0.2) is 37.4 Å². The van der Waals surface area contributed by atoms with Crippen LogP contribution in [-0.2, 0) is 0 Å². The summed E-state index contributed by atoms with van der Waals surface area (Å²) in [5, 5.41) is 6.75. The van der Waals surface area contributed by atoms with Gasteiger partial charge < -0.3 is 0 Å². The molecule has 2 heterocycles. The molecule has 0 aliphatic carbocycles. The first-order chi connectivity index (χ1) is 11.3. The first-order valence-corrected chi connectivity index (χ1v) is 8.05. The number of hydrazone groups is 1. The number of allylic oxidation sites excluding steroid dienone is 1. The average Bonchev–Trinajstić information content (AvgIpc) is 2.62. The lowest BCUT2D eigenvalue weighted by atomic mass is 10.1. The predicted octanol–water partition coefficient (Wildman–Crippen LogP) is 2.71. The number of piperazine rings is 1. The summed E-state index contributed by atoms with van der Waals surface area (Å²) < 4.78 is 0. The molecule has 3 rings (SSSR count). The Bertz CT molecular complexity index is 656. The van der Waals surface area contributed by atoms with E-state index in [4.69, 9.17) is 0 Å². The summed E-state index contributed by atoms with van der Waals surface area (Å²) in [6.07, 6.45) is 6.08. The maximum atomic E-state index is 4.61. The fourth-order valence-corrected chi connectivity index (χ4v) is 2.65. The summed E-state index contributed by atoms with van der Waals surface area (Å²) >= 11 is 0. The molecule has 1 N–H and O–H groups in total. The molecule has 0 radical (unpaired) electrons. The summed E-state index contributed by atoms with van der Waals surface area (Å²) in [5.74, 6) is 1.18. The number of aromatic amines is 1. The van der Waals surface area contributed by atoms with Gasteiger partial charge in [-0.1, -0.05) is 42.5 Å². The third-order valence-electron chi connectivity index (χ3n) is 3.91. The van der Waals surface area contributed by atoms with Crippen LogP contribution in [0.2, 0.25) is 0 Å². The van der Waals surface area contributed by atoms with Gasteiger partial charge in [0.1, 0.15) is 13.1 Å². The lowest BCUT2D eigenvalue weighted by Crippen LogP contribution is -2.45. The Kier molecular flexibility index (Phi) is 5.04. The van der Waals surface area contributed by atoms with Gasteiger partial charge in [-0.25, -0.2) is 4.98 Å². The van der Waals surface area contributed by atoms with Crippen LogP contribution in [0.15, 0.2) is 65.4 Å². The van der Waals surface area contributed by atoms with Crippen LogP contribution in [0.5, 0.6) is 0 Å². The van der Waals surface area contributed by atoms with Crippen molar-refractivity contribution in [3.05, 3.63) is 65.9 Å². The molecule has 1 aliphatic heterocycles. The standard InChI is InChI=1S/C19H22N4/c1-17(15-18-7-3-2-4-8-18)16-21-23-13-11-22(12-14-23)19-9-5-6-10-20-19/h2-10,15-16H,11-14H2,1H3/p+1/b17-15-,21-16-. The lowest BCUT2D eigenvalue weighted by molar-refractivity contribution is -0.364. The van der Waals surface area contributed by atoms with Crippen LogP contribution in [0.1, 0.15) is 12.5 Å². The Hall–Kier alpha value is -2.62. The van der Waals surface area contributed by atoms with E-state index in [0.717, 1.165) is 31.8 Å². The van der Waals surface area contributed by atoms with Crippen LogP contribution in [0, 0.1) is 0 Å². The number of hydrogen-bond acceptors (Lipinski definition) is 3. The third kappa shape index (κ3) is 4.42. The highest BCUT2D eigenvalue weighted by Crippen LogP contribution is 2.10. The van der Waals surface area contributed by atoms with Gasteiger partial charge >= 0.3 is 0 Å². The molecular weight excluding hydrogens is 284 g/mol. The average molecular weight is 307 g/mol. The Balaban J connectivity index is 1.53. The van der Waals surface area contributed by atoms with Gasteiger partial charge in [-0.15, -0.1) is 0 Å². The second-order valence-electron chi connectivity index (χ2n) is 5.73. The maximum absolute atomic E-state index is 4.61. The fraction of sp³-hybridized carbons (Fsp3) is 0.263. The molecule has 0 atom stereocenters. The Labute approximate surface area is 137 Å². The number of H-pyrrole nitrogens is 1. The van der Waals surface area contributed by atoms with Crippen molar-refractivity contribution in [1.82, 2.24) is 5.01 Å². The Morgan fingerprint density at radius 1 is 1.00 bits per heavy atom. The topological polar surface area (TPSA) is 33.0 Å². The summed E-state index contributed by atoms with van der Waals surface area (Å²) in [6.45, 7) is 5.94. The molecule has 118 valence electrons. The molecule has 1 saturated heterocycles. The van der Waals surface area contributed by atoms with Gasteiger partial charge in [0.15, 0.2) is 0 Å². The fourth-order valence-electron chi connectivity index (χ4n) is 2.65. The number of hydrogen-bond donors (Lipinski definition) is 0. The van der Waals surface area contributed by atoms with Gasteiger partial charge in [-0.2, -0.15) is 5.10 Å². The normalized spacial score (nSPS) is 16.1. The largest absolute Gasteiger partial charge is 0.289 e. The van der Waals surface area contributed by atoms with Gasteiger partial charge in [-0.3, -0.25) is 9.91 Å². The number of pyridine rings is 1. The number of nitrogens with one attached hydrogen (secondary N) is 1. The van der Waals surface area contributed by atoms with E-state index >= 15 is 0 Å². The molecule has 4 nitrogen and oxygen atoms in total. The second-order valence-corrected chi connectivity index (χ2v) is 5.73. The predicted molar refractivity (Wildman–Crippen MR) is 95.4 cm³/mol. The van der Waals surface area contributed by atoms with Crippen LogP contribution in [0.25, 0.3) is 6.08 Å². The monoisotopic (exact) mass is 307 g/mol. The van der Waals surface area contributed by atoms with Crippen molar-refractivity contribution in [2.45, 2.75) is 6.92 Å². The smallest absolute Gasteiger partial charge is 0.274 e. The van der Waals surface area contributed by atoms with E-state index in [0.29, 0.717) is 0 Å². The number of anilines is 1. The summed E-state index contributed by atoms with van der Waals surface area (Å²) in [6, 6.07) is 16.5. The molecule has 1 aliphatic rings. The first kappa shape index (κ1) is 15.3. The molecule has 0 amide bonds. The maximum Gasteiger partial charge on any atom is 0.274 e.